The van der Waals surface area contributed by atoms with Crippen molar-refractivity contribution in [1.29, 1.82) is 0 Å². The molecule has 7 heteroatoms. The van der Waals surface area contributed by atoms with Gasteiger partial charge >= 0.3 is 0 Å². The van der Waals surface area contributed by atoms with Crippen molar-refractivity contribution in [1.82, 2.24) is 19.4 Å². The van der Waals surface area contributed by atoms with Gasteiger partial charge in [-0.3, -0.25) is 9.69 Å². The summed E-state index contributed by atoms with van der Waals surface area (Å²) in [5.41, 5.74) is 0.744. The summed E-state index contributed by atoms with van der Waals surface area (Å²) in [5.74, 6) is 1.13. The van der Waals surface area contributed by atoms with E-state index in [1.807, 2.05) is 23.4 Å². The highest BCUT2D eigenvalue weighted by molar-refractivity contribution is 5.81. The third kappa shape index (κ3) is 3.08. The minimum absolute atomic E-state index is 0.145. The van der Waals surface area contributed by atoms with Gasteiger partial charge in [0.05, 0.1) is 19.1 Å². The highest BCUT2D eigenvalue weighted by Crippen LogP contribution is 2.40. The maximum absolute atomic E-state index is 13.0. The van der Waals surface area contributed by atoms with Crippen molar-refractivity contribution in [3.05, 3.63) is 42.4 Å². The van der Waals surface area contributed by atoms with E-state index in [0.29, 0.717) is 6.54 Å². The van der Waals surface area contributed by atoms with E-state index in [9.17, 15) is 4.79 Å². The Hall–Kier alpha value is -2.12. The second-order valence-electron chi connectivity index (χ2n) is 7.94. The third-order valence-corrected chi connectivity index (χ3v) is 6.20. The average molecular weight is 370 g/mol. The number of hydrogen-bond donors (Lipinski definition) is 0. The molecule has 0 aliphatic carbocycles. The van der Waals surface area contributed by atoms with E-state index in [2.05, 4.69) is 14.5 Å². The monoisotopic (exact) mass is 370 g/mol. The average Bonchev–Trinajstić information content (AvgIpc) is 3.45. The van der Waals surface area contributed by atoms with Crippen LogP contribution < -0.4 is 0 Å². The summed E-state index contributed by atoms with van der Waals surface area (Å²) in [6.45, 7) is 5.02. The lowest BCUT2D eigenvalue weighted by Gasteiger charge is -2.46. The predicted octanol–water partition coefficient (Wildman–Crippen LogP) is 1.99. The molecule has 144 valence electrons. The van der Waals surface area contributed by atoms with E-state index < -0.39 is 11.7 Å². The van der Waals surface area contributed by atoms with Crippen LogP contribution in [0.4, 0.5) is 0 Å². The first-order chi connectivity index (χ1) is 13.2. The molecule has 2 fully saturated rings. The van der Waals surface area contributed by atoms with Crippen molar-refractivity contribution >= 4 is 5.91 Å². The fourth-order valence-electron chi connectivity index (χ4n) is 4.72. The third-order valence-electron chi connectivity index (χ3n) is 6.20. The van der Waals surface area contributed by atoms with Gasteiger partial charge in [0, 0.05) is 50.7 Å². The molecule has 7 nitrogen and oxygen atoms in total. The number of furan rings is 1. The fourth-order valence-corrected chi connectivity index (χ4v) is 4.72. The molecule has 2 aromatic rings. The van der Waals surface area contributed by atoms with E-state index in [1.54, 1.807) is 12.5 Å². The van der Waals surface area contributed by atoms with Gasteiger partial charge in [0.25, 0.3) is 5.91 Å². The van der Waals surface area contributed by atoms with Crippen molar-refractivity contribution in [3.8, 4) is 0 Å². The first-order valence-electron chi connectivity index (χ1n) is 9.95. The lowest BCUT2D eigenvalue weighted by Crippen LogP contribution is -2.54. The van der Waals surface area contributed by atoms with Crippen LogP contribution >= 0.6 is 0 Å². The number of ether oxygens (including phenoxy) is 1. The summed E-state index contributed by atoms with van der Waals surface area (Å²) in [6.07, 6.45) is 10.9. The van der Waals surface area contributed by atoms with Crippen molar-refractivity contribution < 1.29 is 13.9 Å². The Morgan fingerprint density at radius 3 is 2.78 bits per heavy atom. The maximum atomic E-state index is 13.0. The number of nitrogens with zero attached hydrogens (tertiary/aromatic N) is 4. The summed E-state index contributed by atoms with van der Waals surface area (Å²) in [6, 6.07) is 2.01. The quantitative estimate of drug-likeness (QED) is 0.827. The highest BCUT2D eigenvalue weighted by Gasteiger charge is 2.47. The molecule has 5 heterocycles. The molecule has 5 rings (SSSR count). The SMILES string of the molecule is O=C([C@@H]1Cn2ccnc2C2(CCN(Cc3ccoc3)CC2)O1)N1CCCC1. The van der Waals surface area contributed by atoms with Gasteiger partial charge in [-0.05, 0) is 31.7 Å². The summed E-state index contributed by atoms with van der Waals surface area (Å²) in [7, 11) is 0. The van der Waals surface area contributed by atoms with Crippen molar-refractivity contribution in [2.24, 2.45) is 0 Å². The van der Waals surface area contributed by atoms with Crippen molar-refractivity contribution in [3.63, 3.8) is 0 Å². The van der Waals surface area contributed by atoms with Gasteiger partial charge in [-0.1, -0.05) is 0 Å². The highest BCUT2D eigenvalue weighted by atomic mass is 16.5. The molecule has 0 N–H and O–H groups in total. The number of likely N-dealkylation sites (tertiary alicyclic amines) is 2. The Kier molecular flexibility index (Phi) is 4.28. The summed E-state index contributed by atoms with van der Waals surface area (Å²) in [4.78, 5) is 22.0. The van der Waals surface area contributed by atoms with Crippen LogP contribution in [0.3, 0.4) is 0 Å². The van der Waals surface area contributed by atoms with E-state index in [-0.39, 0.29) is 5.91 Å². The van der Waals surface area contributed by atoms with Gasteiger partial charge in [-0.2, -0.15) is 0 Å². The first-order valence-corrected chi connectivity index (χ1v) is 9.95. The molecule has 0 unspecified atom stereocenters. The largest absolute Gasteiger partial charge is 0.472 e. The number of aromatic nitrogens is 2. The van der Waals surface area contributed by atoms with Gasteiger partial charge in [0.15, 0.2) is 6.10 Å². The van der Waals surface area contributed by atoms with Crippen LogP contribution in [0.25, 0.3) is 0 Å². The normalized spacial score (nSPS) is 25.0. The van der Waals surface area contributed by atoms with Crippen LogP contribution in [0.2, 0.25) is 0 Å². The number of imidazole rings is 1. The molecule has 1 spiro atoms. The van der Waals surface area contributed by atoms with Gasteiger partial charge < -0.3 is 18.6 Å². The Labute approximate surface area is 158 Å². The molecule has 0 saturated carbocycles. The zero-order valence-electron chi connectivity index (χ0n) is 15.5. The van der Waals surface area contributed by atoms with E-state index in [0.717, 1.165) is 64.2 Å². The molecule has 2 aromatic heterocycles. The molecular weight excluding hydrogens is 344 g/mol. The summed E-state index contributed by atoms with van der Waals surface area (Å²) >= 11 is 0. The van der Waals surface area contributed by atoms with Crippen LogP contribution in [-0.2, 0) is 28.2 Å². The Balaban J connectivity index is 1.33. The minimum Gasteiger partial charge on any atom is -0.472 e. The number of carbonyl (C=O) groups is 1. The number of amides is 1. The molecule has 3 aliphatic rings. The molecule has 3 aliphatic heterocycles. The Morgan fingerprint density at radius 2 is 2.04 bits per heavy atom. The minimum atomic E-state index is -0.450. The molecule has 0 aromatic carbocycles. The Morgan fingerprint density at radius 1 is 1.22 bits per heavy atom. The number of piperidine rings is 1. The predicted molar refractivity (Wildman–Crippen MR) is 97.8 cm³/mol. The van der Waals surface area contributed by atoms with Crippen LogP contribution in [0, 0.1) is 0 Å². The van der Waals surface area contributed by atoms with Gasteiger partial charge in [0.2, 0.25) is 0 Å². The molecule has 2 saturated heterocycles. The smallest absolute Gasteiger partial charge is 0.253 e. The van der Waals surface area contributed by atoms with Crippen LogP contribution in [0.5, 0.6) is 0 Å². The second-order valence-corrected chi connectivity index (χ2v) is 7.94. The molecule has 0 radical (unpaired) electrons. The van der Waals surface area contributed by atoms with Gasteiger partial charge in [-0.15, -0.1) is 0 Å². The lowest BCUT2D eigenvalue weighted by atomic mass is 9.88. The topological polar surface area (TPSA) is 63.7 Å². The number of hydrogen-bond acceptors (Lipinski definition) is 5. The van der Waals surface area contributed by atoms with Gasteiger partial charge in [0.1, 0.15) is 11.4 Å². The maximum Gasteiger partial charge on any atom is 0.253 e. The number of carbonyl (C=O) groups excluding carboxylic acids is 1. The lowest BCUT2D eigenvalue weighted by molar-refractivity contribution is -0.180. The summed E-state index contributed by atoms with van der Waals surface area (Å²) < 4.78 is 13.9. The van der Waals surface area contributed by atoms with E-state index in [1.165, 1.54) is 5.56 Å². The second kappa shape index (κ2) is 6.80. The zero-order valence-corrected chi connectivity index (χ0v) is 15.5. The van der Waals surface area contributed by atoms with E-state index >= 15 is 0 Å². The standard InChI is InChI=1S/C20H26N4O3/c25-18(23-7-1-2-8-23)17-14-24-11-6-21-19(24)20(27-17)4-9-22(10-5-20)13-16-3-12-26-15-16/h3,6,11-12,15,17H,1-2,4-5,7-10,13-14H2/t17-/m0/s1. The van der Waals surface area contributed by atoms with Gasteiger partial charge in [-0.25, -0.2) is 4.98 Å². The molecule has 27 heavy (non-hydrogen) atoms. The van der Waals surface area contributed by atoms with Crippen molar-refractivity contribution in [2.45, 2.75) is 50.5 Å². The molecular formula is C20H26N4O3. The van der Waals surface area contributed by atoms with E-state index in [4.69, 9.17) is 9.15 Å². The summed E-state index contributed by atoms with van der Waals surface area (Å²) in [5, 5.41) is 0. The van der Waals surface area contributed by atoms with Crippen molar-refractivity contribution in [2.75, 3.05) is 26.2 Å². The van der Waals surface area contributed by atoms with Crippen LogP contribution in [0.1, 0.15) is 37.1 Å². The fraction of sp³-hybridized carbons (Fsp3) is 0.600. The molecule has 0 bridgehead atoms. The first kappa shape index (κ1) is 17.0. The molecule has 1 amide bonds. The number of rotatable bonds is 3. The zero-order chi connectivity index (χ0) is 18.3. The molecule has 1 atom stereocenters. The number of fused-ring (bicyclic) bond motifs is 2. The van der Waals surface area contributed by atoms with Crippen LogP contribution in [0.15, 0.2) is 35.4 Å². The Bertz CT molecular complexity index is 786. The van der Waals surface area contributed by atoms with Crippen LogP contribution in [-0.4, -0.2) is 57.5 Å².